The molecule has 4 rings (SSSR count). The van der Waals surface area contributed by atoms with Crippen molar-refractivity contribution in [2.45, 2.75) is 111 Å². The number of piperidine rings is 1. The van der Waals surface area contributed by atoms with E-state index in [0.717, 1.165) is 47.5 Å². The quantitative estimate of drug-likeness (QED) is 0.0720. The van der Waals surface area contributed by atoms with Gasteiger partial charge in [-0.1, -0.05) is 80.6 Å². The van der Waals surface area contributed by atoms with E-state index in [-0.39, 0.29) is 19.6 Å². The summed E-state index contributed by atoms with van der Waals surface area (Å²) in [5, 5.41) is 11.7. The van der Waals surface area contributed by atoms with Crippen LogP contribution in [-0.2, 0) is 43.4 Å². The van der Waals surface area contributed by atoms with E-state index < -0.39 is 48.0 Å². The molecule has 1 aliphatic rings. The fourth-order valence-corrected chi connectivity index (χ4v) is 5.91. The molecule has 1 saturated heterocycles. The summed E-state index contributed by atoms with van der Waals surface area (Å²) < 4.78 is 16.9. The first-order valence-corrected chi connectivity index (χ1v) is 20.5. The second kappa shape index (κ2) is 26.3. The normalized spacial score (nSPS) is 14.5. The van der Waals surface area contributed by atoms with Crippen LogP contribution >= 0.6 is 12.6 Å². The molecule has 1 fully saturated rings. The highest BCUT2D eigenvalue weighted by molar-refractivity contribution is 7.79. The van der Waals surface area contributed by atoms with Crippen LogP contribution in [0.3, 0.4) is 0 Å². The molecule has 308 valence electrons. The number of hydrogen-bond donors (Lipinski definition) is 5. The lowest BCUT2D eigenvalue weighted by Crippen LogP contribution is -2.54. The van der Waals surface area contributed by atoms with Crippen molar-refractivity contribution < 1.29 is 33.4 Å². The molecule has 3 amide bonds. The average Bonchev–Trinajstić information content (AvgIpc) is 3.20. The number of thiol groups is 1. The molecule has 0 aliphatic carbocycles. The van der Waals surface area contributed by atoms with Crippen LogP contribution in [0.25, 0.3) is 0 Å². The molecule has 4 N–H and O–H groups in total. The van der Waals surface area contributed by atoms with Gasteiger partial charge in [0.05, 0.1) is 13.0 Å². The maximum absolute atomic E-state index is 13.8. The van der Waals surface area contributed by atoms with Crippen LogP contribution in [0.2, 0.25) is 0 Å². The minimum atomic E-state index is -1.36. The highest BCUT2D eigenvalue weighted by Crippen LogP contribution is 2.20. The van der Waals surface area contributed by atoms with Crippen molar-refractivity contribution in [2.75, 3.05) is 26.0 Å². The predicted molar refractivity (Wildman–Crippen MR) is 226 cm³/mol. The van der Waals surface area contributed by atoms with Crippen LogP contribution in [0.1, 0.15) is 89.0 Å². The predicted octanol–water partition coefficient (Wildman–Crippen LogP) is 7.10. The van der Waals surface area contributed by atoms with E-state index in [1.807, 2.05) is 87.5 Å². The van der Waals surface area contributed by atoms with Crippen molar-refractivity contribution in [3.05, 3.63) is 101 Å². The second-order valence-electron chi connectivity index (χ2n) is 14.3. The number of amides is 3. The van der Waals surface area contributed by atoms with E-state index in [9.17, 15) is 19.2 Å². The van der Waals surface area contributed by atoms with Crippen LogP contribution < -0.4 is 26.0 Å². The summed E-state index contributed by atoms with van der Waals surface area (Å²) in [5.74, 6) is -0.449. The van der Waals surface area contributed by atoms with E-state index in [4.69, 9.17) is 14.2 Å². The third-order valence-electron chi connectivity index (χ3n) is 8.78. The summed E-state index contributed by atoms with van der Waals surface area (Å²) in [4.78, 5) is 53.2. The third-order valence-corrected chi connectivity index (χ3v) is 8.78. The number of aryl methyl sites for hydroxylation is 2. The first-order chi connectivity index (χ1) is 26.9. The third kappa shape index (κ3) is 18.9. The standard InChI is InChI=1S/C41H54N4O7.C2H6.CH4S/c1-29-17-19-34(50-23-21-31-16-11-22-42-26-31)24-33(29)27-43-38(47)35(20-18-30-12-7-5-8-13-30)44-39(48)36(25-37(46)52-41(2,3)4)45-40(49)51-28-32-14-9-6-10-15-32;2*1-2/h5-10,12-15,17,19,24,31,35-36,42H,11,16,18,20-23,25-28H2,1-4H3,(H,43,47)(H,44,48)(H,45,49);1-2H3;2H,1H3/t31?,35?,36-;;/m0../s1. The van der Waals surface area contributed by atoms with Gasteiger partial charge < -0.3 is 35.5 Å². The largest absolute Gasteiger partial charge is 0.494 e. The van der Waals surface area contributed by atoms with Gasteiger partial charge in [0.15, 0.2) is 0 Å². The van der Waals surface area contributed by atoms with Gasteiger partial charge in [0.2, 0.25) is 11.8 Å². The summed E-state index contributed by atoms with van der Waals surface area (Å²) in [7, 11) is 0. The zero-order valence-electron chi connectivity index (χ0n) is 34.3. The summed E-state index contributed by atoms with van der Waals surface area (Å²) in [6, 6.07) is 22.2. The van der Waals surface area contributed by atoms with Gasteiger partial charge in [-0.05, 0) is 119 Å². The molecule has 3 atom stereocenters. The van der Waals surface area contributed by atoms with Crippen LogP contribution in [-0.4, -0.2) is 67.5 Å². The van der Waals surface area contributed by atoms with E-state index >= 15 is 0 Å². The van der Waals surface area contributed by atoms with Crippen molar-refractivity contribution in [1.82, 2.24) is 21.3 Å². The Balaban J connectivity index is 0.00000262. The van der Waals surface area contributed by atoms with E-state index in [0.29, 0.717) is 18.9 Å². The van der Waals surface area contributed by atoms with Gasteiger partial charge in [0.25, 0.3) is 0 Å². The second-order valence-corrected chi connectivity index (χ2v) is 14.3. The van der Waals surface area contributed by atoms with E-state index in [1.54, 1.807) is 39.2 Å². The van der Waals surface area contributed by atoms with Crippen LogP contribution in [0.15, 0.2) is 78.9 Å². The lowest BCUT2D eigenvalue weighted by molar-refractivity contribution is -0.156. The van der Waals surface area contributed by atoms with Crippen molar-refractivity contribution in [1.29, 1.82) is 0 Å². The number of nitrogens with one attached hydrogen (secondary N) is 4. The molecule has 56 heavy (non-hydrogen) atoms. The first-order valence-electron chi connectivity index (χ1n) is 19.6. The molecular weight excluding hydrogens is 729 g/mol. The number of hydrogen-bond acceptors (Lipinski definition) is 9. The highest BCUT2D eigenvalue weighted by Gasteiger charge is 2.31. The number of esters is 1. The number of ether oxygens (including phenoxy) is 3. The van der Waals surface area contributed by atoms with Gasteiger partial charge in [-0.2, -0.15) is 12.6 Å². The Labute approximate surface area is 339 Å². The van der Waals surface area contributed by atoms with Gasteiger partial charge in [-0.15, -0.1) is 0 Å². The molecule has 0 spiro atoms. The van der Waals surface area contributed by atoms with Gasteiger partial charge in [-0.3, -0.25) is 14.4 Å². The van der Waals surface area contributed by atoms with Crippen LogP contribution in [0.4, 0.5) is 4.79 Å². The number of carbonyl (C=O) groups is 4. The monoisotopic (exact) mass is 792 g/mol. The number of carbonyl (C=O) groups excluding carboxylic acids is 4. The fourth-order valence-electron chi connectivity index (χ4n) is 5.91. The molecular formula is C44H64N4O7S. The highest BCUT2D eigenvalue weighted by atomic mass is 32.1. The molecule has 0 radical (unpaired) electrons. The summed E-state index contributed by atoms with van der Waals surface area (Å²) in [6.45, 7) is 14.0. The lowest BCUT2D eigenvalue weighted by atomic mass is 9.97. The van der Waals surface area contributed by atoms with Gasteiger partial charge in [0, 0.05) is 6.54 Å². The smallest absolute Gasteiger partial charge is 0.408 e. The van der Waals surface area contributed by atoms with Crippen molar-refractivity contribution >= 4 is 36.5 Å². The molecule has 0 bridgehead atoms. The summed E-state index contributed by atoms with van der Waals surface area (Å²) in [6.07, 6.45) is 4.50. The molecule has 0 aromatic heterocycles. The van der Waals surface area contributed by atoms with Crippen molar-refractivity contribution in [3.63, 3.8) is 0 Å². The van der Waals surface area contributed by atoms with Gasteiger partial charge >= 0.3 is 12.1 Å². The topological polar surface area (TPSA) is 144 Å². The van der Waals surface area contributed by atoms with E-state index in [1.165, 1.54) is 12.8 Å². The maximum Gasteiger partial charge on any atom is 0.408 e. The van der Waals surface area contributed by atoms with E-state index in [2.05, 4.69) is 33.9 Å². The zero-order chi connectivity index (χ0) is 41.3. The Kier molecular flexibility index (Phi) is 22.4. The van der Waals surface area contributed by atoms with Crippen LogP contribution in [0, 0.1) is 12.8 Å². The average molecular weight is 793 g/mol. The van der Waals surface area contributed by atoms with Crippen LogP contribution in [0.5, 0.6) is 5.75 Å². The molecule has 1 heterocycles. The SMILES string of the molecule is CC.CS.Cc1ccc(OCCC2CCCNC2)cc1CNC(=O)C(CCc1ccccc1)NC(=O)[C@H](CC(=O)OC(C)(C)C)NC(=O)OCc1ccccc1. The number of rotatable bonds is 17. The first kappa shape index (κ1) is 47.6. The van der Waals surface area contributed by atoms with Gasteiger partial charge in [-0.25, -0.2) is 4.79 Å². The van der Waals surface area contributed by atoms with Gasteiger partial charge in [0.1, 0.15) is 30.0 Å². The molecule has 3 aromatic carbocycles. The Bertz CT molecular complexity index is 1600. The molecule has 11 nitrogen and oxygen atoms in total. The minimum Gasteiger partial charge on any atom is -0.494 e. The van der Waals surface area contributed by atoms with Crippen molar-refractivity contribution in [2.24, 2.45) is 5.92 Å². The molecule has 1 aliphatic heterocycles. The molecule has 0 saturated carbocycles. The minimum absolute atomic E-state index is 0.0286. The summed E-state index contributed by atoms with van der Waals surface area (Å²) in [5.41, 5.74) is 2.82. The number of alkyl carbamates (subject to hydrolysis) is 1. The number of benzene rings is 3. The Hall–Kier alpha value is -4.55. The maximum atomic E-state index is 13.8. The molecule has 12 heteroatoms. The zero-order valence-corrected chi connectivity index (χ0v) is 35.2. The molecule has 2 unspecified atom stereocenters. The summed E-state index contributed by atoms with van der Waals surface area (Å²) >= 11 is 3.53. The van der Waals surface area contributed by atoms with Crippen molar-refractivity contribution in [3.8, 4) is 5.75 Å². The lowest BCUT2D eigenvalue weighted by Gasteiger charge is -2.25. The fraction of sp³-hybridized carbons (Fsp3) is 0.500. The Morgan fingerprint density at radius 3 is 2.16 bits per heavy atom. The Morgan fingerprint density at radius 2 is 1.54 bits per heavy atom. The Morgan fingerprint density at radius 1 is 0.875 bits per heavy atom. The molecule has 3 aromatic rings.